The average Bonchev–Trinajstić information content (AvgIpc) is 2.30. The van der Waals surface area contributed by atoms with Gasteiger partial charge in [0.1, 0.15) is 11.8 Å². The molecule has 15 heavy (non-hydrogen) atoms. The zero-order valence-corrected chi connectivity index (χ0v) is 8.81. The van der Waals surface area contributed by atoms with Gasteiger partial charge in [-0.2, -0.15) is 0 Å². The molecule has 2 N–H and O–H groups in total. The van der Waals surface area contributed by atoms with Gasteiger partial charge in [-0.3, -0.25) is 4.79 Å². The Kier molecular flexibility index (Phi) is 2.36. The maximum absolute atomic E-state index is 11.5. The van der Waals surface area contributed by atoms with Gasteiger partial charge in [0.25, 0.3) is 0 Å². The zero-order chi connectivity index (χ0) is 11.0. The van der Waals surface area contributed by atoms with Gasteiger partial charge >= 0.3 is 0 Å². The molecule has 2 atom stereocenters. The van der Waals surface area contributed by atoms with Crippen LogP contribution in [0.4, 0.5) is 5.69 Å². The van der Waals surface area contributed by atoms with Crippen molar-refractivity contribution >= 4 is 11.6 Å². The van der Waals surface area contributed by atoms with Crippen LogP contribution in [-0.2, 0) is 4.79 Å². The van der Waals surface area contributed by atoms with Crippen molar-refractivity contribution in [2.45, 2.75) is 19.0 Å². The molecule has 1 fully saturated rings. The second-order valence-electron chi connectivity index (χ2n) is 3.67. The first-order valence-electron chi connectivity index (χ1n) is 4.88. The lowest BCUT2D eigenvalue weighted by Gasteiger charge is -2.43. The summed E-state index contributed by atoms with van der Waals surface area (Å²) in [4.78, 5) is 13.2. The number of nitrogens with two attached hydrogens (primary N) is 1. The fraction of sp³-hybridized carbons (Fsp3) is 0.364. The summed E-state index contributed by atoms with van der Waals surface area (Å²) in [6.45, 7) is 1.94. The Balaban J connectivity index is 2.20. The van der Waals surface area contributed by atoms with Crippen LogP contribution in [-0.4, -0.2) is 25.1 Å². The predicted molar refractivity (Wildman–Crippen MR) is 57.9 cm³/mol. The lowest BCUT2D eigenvalue weighted by Crippen LogP contribution is -2.67. The van der Waals surface area contributed by atoms with E-state index in [0.29, 0.717) is 0 Å². The molecule has 2 rings (SSSR count). The first kappa shape index (κ1) is 9.98. The third-order valence-electron chi connectivity index (χ3n) is 2.80. The Hall–Kier alpha value is -1.55. The van der Waals surface area contributed by atoms with Crippen LogP contribution in [0.1, 0.15) is 6.92 Å². The Morgan fingerprint density at radius 3 is 2.40 bits per heavy atom. The number of nitrogens with zero attached hydrogens (tertiary/aromatic N) is 1. The van der Waals surface area contributed by atoms with Gasteiger partial charge in [0.2, 0.25) is 5.91 Å². The van der Waals surface area contributed by atoms with E-state index >= 15 is 0 Å². The van der Waals surface area contributed by atoms with Gasteiger partial charge < -0.3 is 15.4 Å². The summed E-state index contributed by atoms with van der Waals surface area (Å²) in [5.74, 6) is 0.761. The molecule has 1 saturated heterocycles. The SMILES string of the molecule is COc1ccc(N2C(=O)[C@@H](N)[C@H]2C)cc1. The summed E-state index contributed by atoms with van der Waals surface area (Å²) in [7, 11) is 1.61. The van der Waals surface area contributed by atoms with Crippen molar-refractivity contribution in [1.82, 2.24) is 0 Å². The van der Waals surface area contributed by atoms with E-state index in [-0.39, 0.29) is 18.0 Å². The summed E-state index contributed by atoms with van der Waals surface area (Å²) < 4.78 is 5.05. The van der Waals surface area contributed by atoms with E-state index in [1.807, 2.05) is 31.2 Å². The lowest BCUT2D eigenvalue weighted by atomic mass is 9.97. The topological polar surface area (TPSA) is 55.6 Å². The number of benzene rings is 1. The van der Waals surface area contributed by atoms with Crippen molar-refractivity contribution in [2.75, 3.05) is 12.0 Å². The first-order valence-corrected chi connectivity index (χ1v) is 4.88. The number of β-lactam (4-membered cyclic amide) rings is 1. The minimum Gasteiger partial charge on any atom is -0.497 e. The second kappa shape index (κ2) is 3.55. The maximum atomic E-state index is 11.5. The van der Waals surface area contributed by atoms with Crippen molar-refractivity contribution in [2.24, 2.45) is 5.73 Å². The second-order valence-corrected chi connectivity index (χ2v) is 3.67. The fourth-order valence-corrected chi connectivity index (χ4v) is 1.75. The van der Waals surface area contributed by atoms with Crippen molar-refractivity contribution < 1.29 is 9.53 Å². The van der Waals surface area contributed by atoms with Crippen LogP contribution in [0.15, 0.2) is 24.3 Å². The molecule has 0 radical (unpaired) electrons. The highest BCUT2D eigenvalue weighted by Crippen LogP contribution is 2.28. The normalized spacial score (nSPS) is 25.0. The molecule has 0 aromatic heterocycles. The third-order valence-corrected chi connectivity index (χ3v) is 2.80. The predicted octanol–water partition coefficient (Wildman–Crippen LogP) is 0.758. The molecular weight excluding hydrogens is 192 g/mol. The van der Waals surface area contributed by atoms with E-state index in [2.05, 4.69) is 0 Å². The highest BCUT2D eigenvalue weighted by molar-refractivity contribution is 6.05. The quantitative estimate of drug-likeness (QED) is 0.727. The number of ether oxygens (including phenoxy) is 1. The van der Waals surface area contributed by atoms with E-state index in [1.54, 1.807) is 12.0 Å². The molecule has 0 aliphatic carbocycles. The van der Waals surface area contributed by atoms with Crippen LogP contribution in [0.25, 0.3) is 0 Å². The smallest absolute Gasteiger partial charge is 0.246 e. The number of carbonyl (C=O) groups is 1. The highest BCUT2D eigenvalue weighted by atomic mass is 16.5. The molecule has 0 unspecified atom stereocenters. The fourth-order valence-electron chi connectivity index (χ4n) is 1.75. The number of methoxy groups -OCH3 is 1. The third kappa shape index (κ3) is 1.47. The Morgan fingerprint density at radius 2 is 1.93 bits per heavy atom. The Morgan fingerprint density at radius 1 is 1.33 bits per heavy atom. The number of carbonyl (C=O) groups excluding carboxylic acids is 1. The summed E-state index contributed by atoms with van der Waals surface area (Å²) in [6, 6.07) is 7.11. The standard InChI is InChI=1S/C11H14N2O2/c1-7-10(12)11(14)13(7)8-3-5-9(15-2)6-4-8/h3-7,10H,12H2,1-2H3/t7-,10+/m1/s1. The van der Waals surface area contributed by atoms with E-state index in [0.717, 1.165) is 11.4 Å². The number of anilines is 1. The lowest BCUT2D eigenvalue weighted by molar-refractivity contribution is -0.125. The monoisotopic (exact) mass is 206 g/mol. The highest BCUT2D eigenvalue weighted by Gasteiger charge is 2.42. The molecule has 1 aromatic carbocycles. The number of amides is 1. The molecule has 1 amide bonds. The summed E-state index contributed by atoms with van der Waals surface area (Å²) in [6.07, 6.45) is 0. The molecular formula is C11H14N2O2. The van der Waals surface area contributed by atoms with Gasteiger partial charge in [-0.25, -0.2) is 0 Å². The van der Waals surface area contributed by atoms with Crippen molar-refractivity contribution in [3.05, 3.63) is 24.3 Å². The zero-order valence-electron chi connectivity index (χ0n) is 8.81. The summed E-state index contributed by atoms with van der Waals surface area (Å²) in [5.41, 5.74) is 6.50. The molecule has 0 spiro atoms. The molecule has 4 nitrogen and oxygen atoms in total. The maximum Gasteiger partial charge on any atom is 0.246 e. The molecule has 0 bridgehead atoms. The average molecular weight is 206 g/mol. The van der Waals surface area contributed by atoms with Gasteiger partial charge in [0, 0.05) is 5.69 Å². The van der Waals surface area contributed by atoms with Gasteiger partial charge in [0.15, 0.2) is 0 Å². The van der Waals surface area contributed by atoms with E-state index in [1.165, 1.54) is 0 Å². The molecule has 1 aromatic rings. The van der Waals surface area contributed by atoms with Crippen LogP contribution in [0.3, 0.4) is 0 Å². The number of rotatable bonds is 2. The van der Waals surface area contributed by atoms with Gasteiger partial charge in [-0.05, 0) is 31.2 Å². The molecule has 1 heterocycles. The molecule has 80 valence electrons. The minimum absolute atomic E-state index is 0.0207. The van der Waals surface area contributed by atoms with Crippen molar-refractivity contribution in [3.8, 4) is 5.75 Å². The Bertz CT molecular complexity index is 375. The first-order chi connectivity index (χ1) is 7.15. The van der Waals surface area contributed by atoms with Gasteiger partial charge in [0.05, 0.1) is 13.2 Å². The number of hydrogen-bond donors (Lipinski definition) is 1. The van der Waals surface area contributed by atoms with Crippen molar-refractivity contribution in [3.63, 3.8) is 0 Å². The van der Waals surface area contributed by atoms with Crippen LogP contribution >= 0.6 is 0 Å². The van der Waals surface area contributed by atoms with Crippen molar-refractivity contribution in [1.29, 1.82) is 0 Å². The summed E-state index contributed by atoms with van der Waals surface area (Å²) >= 11 is 0. The Labute approximate surface area is 88.6 Å². The minimum atomic E-state index is -0.355. The van der Waals surface area contributed by atoms with E-state index in [4.69, 9.17) is 10.5 Å². The molecule has 1 aliphatic heterocycles. The molecule has 0 saturated carbocycles. The van der Waals surface area contributed by atoms with E-state index < -0.39 is 0 Å². The summed E-state index contributed by atoms with van der Waals surface area (Å²) in [5, 5.41) is 0. The van der Waals surface area contributed by atoms with E-state index in [9.17, 15) is 4.79 Å². The van der Waals surface area contributed by atoms with Gasteiger partial charge in [-0.15, -0.1) is 0 Å². The van der Waals surface area contributed by atoms with Gasteiger partial charge in [-0.1, -0.05) is 0 Å². The van der Waals surface area contributed by atoms with Crippen LogP contribution in [0.2, 0.25) is 0 Å². The molecule has 4 heteroatoms. The number of hydrogen-bond acceptors (Lipinski definition) is 3. The van der Waals surface area contributed by atoms with Crippen LogP contribution in [0, 0.1) is 0 Å². The largest absolute Gasteiger partial charge is 0.497 e. The molecule has 1 aliphatic rings. The van der Waals surface area contributed by atoms with Crippen LogP contribution in [0.5, 0.6) is 5.75 Å². The van der Waals surface area contributed by atoms with Crippen LogP contribution < -0.4 is 15.4 Å².